The van der Waals surface area contributed by atoms with Gasteiger partial charge in [0.25, 0.3) is 0 Å². The Balaban J connectivity index is 0.00000338. The van der Waals surface area contributed by atoms with Gasteiger partial charge < -0.3 is 16.0 Å². The SMILES string of the molecule is CN=C(NCC(=O)NCCc1ccccc1)NCc1sc(C)nc1C.I. The summed E-state index contributed by atoms with van der Waals surface area (Å²) >= 11 is 1.66. The van der Waals surface area contributed by atoms with Crippen molar-refractivity contribution in [3.8, 4) is 0 Å². The molecule has 0 aliphatic rings. The maximum absolute atomic E-state index is 11.9. The number of hydrogen-bond acceptors (Lipinski definition) is 4. The third-order valence-electron chi connectivity index (χ3n) is 3.63. The number of carbonyl (C=O) groups excluding carboxylic acids is 1. The standard InChI is InChI=1S/C18H25N5OS.HI/c1-13-16(25-14(2)23-13)11-21-18(19-3)22-12-17(24)20-10-9-15-7-5-4-6-8-15;/h4-8H,9-12H2,1-3H3,(H,20,24)(H2,19,21,22);1H. The zero-order valence-corrected chi connectivity index (χ0v) is 18.5. The smallest absolute Gasteiger partial charge is 0.239 e. The summed E-state index contributed by atoms with van der Waals surface area (Å²) in [5.74, 6) is 0.548. The van der Waals surface area contributed by atoms with Gasteiger partial charge >= 0.3 is 0 Å². The van der Waals surface area contributed by atoms with Crippen LogP contribution >= 0.6 is 35.3 Å². The number of aromatic nitrogens is 1. The van der Waals surface area contributed by atoms with E-state index in [9.17, 15) is 4.79 Å². The minimum absolute atomic E-state index is 0. The molecule has 0 fully saturated rings. The molecule has 142 valence electrons. The van der Waals surface area contributed by atoms with E-state index in [0.717, 1.165) is 17.1 Å². The molecule has 0 aliphatic heterocycles. The predicted molar refractivity (Wildman–Crippen MR) is 118 cm³/mol. The maximum Gasteiger partial charge on any atom is 0.239 e. The van der Waals surface area contributed by atoms with Gasteiger partial charge in [-0.1, -0.05) is 30.3 Å². The summed E-state index contributed by atoms with van der Waals surface area (Å²) in [7, 11) is 1.69. The molecule has 26 heavy (non-hydrogen) atoms. The average molecular weight is 487 g/mol. The van der Waals surface area contributed by atoms with E-state index in [1.807, 2.05) is 32.0 Å². The molecular formula is C18H26IN5OS. The number of benzene rings is 1. The Morgan fingerprint density at radius 1 is 1.15 bits per heavy atom. The van der Waals surface area contributed by atoms with Crippen molar-refractivity contribution in [1.82, 2.24) is 20.9 Å². The first kappa shape index (κ1) is 22.4. The van der Waals surface area contributed by atoms with Crippen LogP contribution in [0.5, 0.6) is 0 Å². The van der Waals surface area contributed by atoms with Gasteiger partial charge in [0.15, 0.2) is 5.96 Å². The van der Waals surface area contributed by atoms with Crippen molar-refractivity contribution in [2.45, 2.75) is 26.8 Å². The molecule has 1 aromatic carbocycles. The predicted octanol–water partition coefficient (Wildman–Crippen LogP) is 2.40. The van der Waals surface area contributed by atoms with Crippen LogP contribution in [-0.4, -0.2) is 37.0 Å². The number of nitrogens with one attached hydrogen (secondary N) is 3. The van der Waals surface area contributed by atoms with E-state index in [1.165, 1.54) is 10.4 Å². The van der Waals surface area contributed by atoms with E-state index in [2.05, 4.69) is 38.1 Å². The number of guanidine groups is 1. The summed E-state index contributed by atoms with van der Waals surface area (Å²) in [5.41, 5.74) is 2.24. The van der Waals surface area contributed by atoms with Crippen molar-refractivity contribution >= 4 is 47.2 Å². The lowest BCUT2D eigenvalue weighted by atomic mass is 10.1. The molecule has 2 rings (SSSR count). The highest BCUT2D eigenvalue weighted by Gasteiger charge is 2.07. The van der Waals surface area contributed by atoms with Crippen molar-refractivity contribution in [1.29, 1.82) is 0 Å². The first-order chi connectivity index (χ1) is 12.1. The molecule has 8 heteroatoms. The van der Waals surface area contributed by atoms with Crippen molar-refractivity contribution in [3.05, 3.63) is 51.5 Å². The van der Waals surface area contributed by atoms with Crippen molar-refractivity contribution < 1.29 is 4.79 Å². The lowest BCUT2D eigenvalue weighted by Crippen LogP contribution is -2.43. The fraction of sp³-hybridized carbons (Fsp3) is 0.389. The fourth-order valence-electron chi connectivity index (χ4n) is 2.34. The van der Waals surface area contributed by atoms with Crippen LogP contribution in [-0.2, 0) is 17.8 Å². The van der Waals surface area contributed by atoms with Gasteiger partial charge in [0.2, 0.25) is 5.91 Å². The second kappa shape index (κ2) is 11.8. The number of amides is 1. The largest absolute Gasteiger partial charge is 0.354 e. The highest BCUT2D eigenvalue weighted by Crippen LogP contribution is 2.16. The van der Waals surface area contributed by atoms with Crippen LogP contribution in [0.4, 0.5) is 0 Å². The minimum Gasteiger partial charge on any atom is -0.354 e. The van der Waals surface area contributed by atoms with Gasteiger partial charge in [-0.15, -0.1) is 35.3 Å². The van der Waals surface area contributed by atoms with E-state index < -0.39 is 0 Å². The van der Waals surface area contributed by atoms with E-state index in [-0.39, 0.29) is 36.4 Å². The van der Waals surface area contributed by atoms with Crippen molar-refractivity contribution in [2.75, 3.05) is 20.1 Å². The van der Waals surface area contributed by atoms with Gasteiger partial charge in [-0.2, -0.15) is 0 Å². The summed E-state index contributed by atoms with van der Waals surface area (Å²) in [6.07, 6.45) is 0.823. The topological polar surface area (TPSA) is 78.4 Å². The molecule has 2 aromatic rings. The van der Waals surface area contributed by atoms with Crippen LogP contribution in [0.3, 0.4) is 0 Å². The number of carbonyl (C=O) groups is 1. The molecular weight excluding hydrogens is 461 g/mol. The number of halogens is 1. The second-order valence-corrected chi connectivity index (χ2v) is 6.89. The summed E-state index contributed by atoms with van der Waals surface area (Å²) in [6, 6.07) is 10.1. The molecule has 0 spiro atoms. The molecule has 3 N–H and O–H groups in total. The zero-order valence-electron chi connectivity index (χ0n) is 15.3. The minimum atomic E-state index is -0.0521. The molecule has 0 atom stereocenters. The first-order valence-corrected chi connectivity index (χ1v) is 9.08. The fourth-order valence-corrected chi connectivity index (χ4v) is 3.22. The highest BCUT2D eigenvalue weighted by molar-refractivity contribution is 14.0. The molecule has 1 heterocycles. The van der Waals surface area contributed by atoms with E-state index in [4.69, 9.17) is 0 Å². The van der Waals surface area contributed by atoms with Gasteiger partial charge in [0.05, 0.1) is 23.8 Å². The van der Waals surface area contributed by atoms with Crippen molar-refractivity contribution in [3.63, 3.8) is 0 Å². The Bertz CT molecular complexity index is 718. The third-order valence-corrected chi connectivity index (χ3v) is 4.71. The monoisotopic (exact) mass is 487 g/mol. The van der Waals surface area contributed by atoms with Gasteiger partial charge in [-0.05, 0) is 25.8 Å². The van der Waals surface area contributed by atoms with Crippen LogP contribution in [0.1, 0.15) is 21.1 Å². The maximum atomic E-state index is 11.9. The van der Waals surface area contributed by atoms with E-state index >= 15 is 0 Å². The number of hydrogen-bond donors (Lipinski definition) is 3. The van der Waals surface area contributed by atoms with Crippen molar-refractivity contribution in [2.24, 2.45) is 4.99 Å². The van der Waals surface area contributed by atoms with Crippen LogP contribution in [0.2, 0.25) is 0 Å². The molecule has 0 unspecified atom stereocenters. The Labute approximate surface area is 175 Å². The number of nitrogens with zero attached hydrogens (tertiary/aromatic N) is 2. The van der Waals surface area contributed by atoms with Gasteiger partial charge in [0.1, 0.15) is 0 Å². The molecule has 6 nitrogen and oxygen atoms in total. The zero-order chi connectivity index (χ0) is 18.1. The van der Waals surface area contributed by atoms with Gasteiger partial charge in [-0.25, -0.2) is 4.98 Å². The van der Waals surface area contributed by atoms with E-state index in [1.54, 1.807) is 18.4 Å². The lowest BCUT2D eigenvalue weighted by molar-refractivity contribution is -0.119. The quantitative estimate of drug-likeness (QED) is 0.319. The summed E-state index contributed by atoms with van der Waals surface area (Å²) < 4.78 is 0. The Morgan fingerprint density at radius 2 is 1.88 bits per heavy atom. The summed E-state index contributed by atoms with van der Waals surface area (Å²) in [6.45, 7) is 5.45. The molecule has 1 aromatic heterocycles. The molecule has 0 saturated heterocycles. The highest BCUT2D eigenvalue weighted by atomic mass is 127. The Hall–Kier alpha value is -1.68. The molecule has 1 amide bonds. The number of aliphatic imine (C=N–C) groups is 1. The first-order valence-electron chi connectivity index (χ1n) is 8.26. The summed E-state index contributed by atoms with van der Waals surface area (Å²) in [5, 5.41) is 10.2. The molecule has 0 aliphatic carbocycles. The molecule has 0 radical (unpaired) electrons. The summed E-state index contributed by atoms with van der Waals surface area (Å²) in [4.78, 5) is 21.6. The van der Waals surface area contributed by atoms with Gasteiger partial charge in [0, 0.05) is 18.5 Å². The second-order valence-electron chi connectivity index (χ2n) is 5.61. The third kappa shape index (κ3) is 7.69. The number of aryl methyl sites for hydroxylation is 2. The average Bonchev–Trinajstić information content (AvgIpc) is 2.93. The van der Waals surface area contributed by atoms with Crippen LogP contribution < -0.4 is 16.0 Å². The lowest BCUT2D eigenvalue weighted by Gasteiger charge is -2.11. The van der Waals surface area contributed by atoms with Crippen LogP contribution in [0.15, 0.2) is 35.3 Å². The normalized spacial score (nSPS) is 10.8. The van der Waals surface area contributed by atoms with Crippen LogP contribution in [0.25, 0.3) is 0 Å². The van der Waals surface area contributed by atoms with Crippen LogP contribution in [0, 0.1) is 13.8 Å². The van der Waals surface area contributed by atoms with Gasteiger partial charge in [-0.3, -0.25) is 9.79 Å². The number of rotatable bonds is 7. The Morgan fingerprint density at radius 3 is 2.50 bits per heavy atom. The number of thiazole rings is 1. The van der Waals surface area contributed by atoms with E-state index in [0.29, 0.717) is 19.0 Å². The molecule has 0 saturated carbocycles. The molecule has 0 bridgehead atoms. The Kier molecular flexibility index (Phi) is 10.2.